The lowest BCUT2D eigenvalue weighted by atomic mass is 9.74. The Morgan fingerprint density at radius 1 is 1.47 bits per heavy atom. The molecule has 1 aromatic rings. The van der Waals surface area contributed by atoms with Gasteiger partial charge in [0.25, 0.3) is 0 Å². The van der Waals surface area contributed by atoms with E-state index in [2.05, 4.69) is 34.9 Å². The lowest BCUT2D eigenvalue weighted by Gasteiger charge is -2.38. The van der Waals surface area contributed by atoms with Crippen LogP contribution in [0.25, 0.3) is 0 Å². The maximum absolute atomic E-state index is 5.99. The molecule has 1 aliphatic carbocycles. The Morgan fingerprint density at radius 2 is 2.07 bits per heavy atom. The molecule has 2 N–H and O–H groups in total. The molecule has 84 valence electrons. The van der Waals surface area contributed by atoms with E-state index in [1.54, 1.807) is 0 Å². The second-order valence-electron chi connectivity index (χ2n) is 4.86. The highest BCUT2D eigenvalue weighted by molar-refractivity contribution is 9.10. The lowest BCUT2D eigenvalue weighted by molar-refractivity contribution is 0.138. The number of nitrogens with zero attached hydrogens (tertiary/aromatic N) is 2. The third-order valence-corrected chi connectivity index (χ3v) is 4.47. The third-order valence-electron chi connectivity index (χ3n) is 3.49. The average molecular weight is 272 g/mol. The first-order valence-electron chi connectivity index (χ1n) is 5.50. The van der Waals surface area contributed by atoms with E-state index >= 15 is 0 Å². The van der Waals surface area contributed by atoms with Gasteiger partial charge in [-0.1, -0.05) is 13.8 Å². The van der Waals surface area contributed by atoms with Crippen LogP contribution in [0, 0.1) is 18.8 Å². The SMILES string of the molecule is Cc1nn(C2CC(C(C)C)C2)c(N)c1Br. The van der Waals surface area contributed by atoms with Crippen LogP contribution < -0.4 is 5.73 Å². The predicted molar refractivity (Wildman–Crippen MR) is 65.7 cm³/mol. The Kier molecular flexibility index (Phi) is 2.79. The van der Waals surface area contributed by atoms with Crippen LogP contribution in [0.2, 0.25) is 0 Å². The maximum atomic E-state index is 5.99. The molecule has 1 aliphatic rings. The fraction of sp³-hybridized carbons (Fsp3) is 0.727. The first kappa shape index (κ1) is 11.0. The topological polar surface area (TPSA) is 43.8 Å². The summed E-state index contributed by atoms with van der Waals surface area (Å²) in [6, 6.07) is 0.516. The summed E-state index contributed by atoms with van der Waals surface area (Å²) in [5, 5.41) is 4.47. The highest BCUT2D eigenvalue weighted by Gasteiger charge is 2.34. The van der Waals surface area contributed by atoms with Crippen molar-refractivity contribution in [3.05, 3.63) is 10.2 Å². The van der Waals surface area contributed by atoms with Gasteiger partial charge in [-0.2, -0.15) is 5.10 Å². The minimum Gasteiger partial charge on any atom is -0.383 e. The van der Waals surface area contributed by atoms with Crippen molar-refractivity contribution in [1.82, 2.24) is 9.78 Å². The molecule has 0 atom stereocenters. The monoisotopic (exact) mass is 271 g/mol. The van der Waals surface area contributed by atoms with Crippen molar-refractivity contribution in [2.45, 2.75) is 39.7 Å². The van der Waals surface area contributed by atoms with Gasteiger partial charge in [0.05, 0.1) is 16.2 Å². The van der Waals surface area contributed by atoms with Gasteiger partial charge < -0.3 is 5.73 Å². The first-order chi connectivity index (χ1) is 7.00. The number of aromatic nitrogens is 2. The summed E-state index contributed by atoms with van der Waals surface area (Å²) in [5.74, 6) is 2.40. The molecule has 0 radical (unpaired) electrons. The predicted octanol–water partition coefficient (Wildman–Crippen LogP) is 3.14. The van der Waals surface area contributed by atoms with Gasteiger partial charge in [0.2, 0.25) is 0 Å². The highest BCUT2D eigenvalue weighted by Crippen LogP contribution is 2.43. The summed E-state index contributed by atoms with van der Waals surface area (Å²) in [6.07, 6.45) is 2.44. The van der Waals surface area contributed by atoms with Crippen LogP contribution in [0.5, 0.6) is 0 Å². The maximum Gasteiger partial charge on any atom is 0.136 e. The van der Waals surface area contributed by atoms with Crippen LogP contribution in [0.15, 0.2) is 4.47 Å². The zero-order chi connectivity index (χ0) is 11.2. The quantitative estimate of drug-likeness (QED) is 0.898. The van der Waals surface area contributed by atoms with Crippen molar-refractivity contribution in [2.75, 3.05) is 5.73 Å². The first-order valence-corrected chi connectivity index (χ1v) is 6.30. The fourth-order valence-electron chi connectivity index (χ4n) is 2.20. The average Bonchev–Trinajstić information content (AvgIpc) is 2.31. The van der Waals surface area contributed by atoms with Gasteiger partial charge in [0, 0.05) is 0 Å². The van der Waals surface area contributed by atoms with Crippen molar-refractivity contribution in [3.63, 3.8) is 0 Å². The molecular formula is C11H18BrN3. The van der Waals surface area contributed by atoms with Crippen molar-refractivity contribution in [3.8, 4) is 0 Å². The number of hydrogen-bond donors (Lipinski definition) is 1. The number of aryl methyl sites for hydroxylation is 1. The minimum absolute atomic E-state index is 0.516. The number of nitrogens with two attached hydrogens (primary N) is 1. The number of nitrogen functional groups attached to an aromatic ring is 1. The van der Waals surface area contributed by atoms with Crippen LogP contribution in [-0.2, 0) is 0 Å². The Morgan fingerprint density at radius 3 is 2.47 bits per heavy atom. The van der Waals surface area contributed by atoms with Crippen LogP contribution >= 0.6 is 15.9 Å². The Balaban J connectivity index is 2.10. The van der Waals surface area contributed by atoms with E-state index < -0.39 is 0 Å². The van der Waals surface area contributed by atoms with E-state index in [1.165, 1.54) is 12.8 Å². The van der Waals surface area contributed by atoms with Crippen molar-refractivity contribution < 1.29 is 0 Å². The van der Waals surface area contributed by atoms with E-state index in [0.717, 1.165) is 27.8 Å². The van der Waals surface area contributed by atoms with E-state index in [0.29, 0.717) is 6.04 Å². The van der Waals surface area contributed by atoms with Crippen molar-refractivity contribution in [2.24, 2.45) is 11.8 Å². The highest BCUT2D eigenvalue weighted by atomic mass is 79.9. The van der Waals surface area contributed by atoms with Gasteiger partial charge in [-0.25, -0.2) is 4.68 Å². The second-order valence-corrected chi connectivity index (χ2v) is 5.65. The van der Waals surface area contributed by atoms with E-state index in [1.807, 2.05) is 11.6 Å². The lowest BCUT2D eigenvalue weighted by Crippen LogP contribution is -2.31. The molecule has 1 saturated carbocycles. The summed E-state index contributed by atoms with van der Waals surface area (Å²) in [6.45, 7) is 6.55. The summed E-state index contributed by atoms with van der Waals surface area (Å²) in [5.41, 5.74) is 6.98. The van der Waals surface area contributed by atoms with Crippen molar-refractivity contribution in [1.29, 1.82) is 0 Å². The van der Waals surface area contributed by atoms with Gasteiger partial charge in [0.1, 0.15) is 5.82 Å². The standard InChI is InChI=1S/C11H18BrN3/c1-6(2)8-4-9(5-8)15-11(13)10(12)7(3)14-15/h6,8-9H,4-5,13H2,1-3H3. The summed E-state index contributed by atoms with van der Waals surface area (Å²) >= 11 is 3.46. The van der Waals surface area contributed by atoms with Gasteiger partial charge >= 0.3 is 0 Å². The number of hydrogen-bond acceptors (Lipinski definition) is 2. The molecule has 0 bridgehead atoms. The summed E-state index contributed by atoms with van der Waals surface area (Å²) in [7, 11) is 0. The number of halogens is 1. The zero-order valence-corrected chi connectivity index (χ0v) is 11.1. The summed E-state index contributed by atoms with van der Waals surface area (Å²) < 4.78 is 2.94. The fourth-order valence-corrected chi connectivity index (χ4v) is 2.46. The smallest absolute Gasteiger partial charge is 0.136 e. The van der Waals surface area contributed by atoms with Crippen LogP contribution in [0.3, 0.4) is 0 Å². The number of rotatable bonds is 2. The normalized spacial score (nSPS) is 25.7. The molecule has 1 fully saturated rings. The van der Waals surface area contributed by atoms with Gasteiger partial charge in [-0.05, 0) is 47.5 Å². The Labute approximate surface area is 99.2 Å². The summed E-state index contributed by atoms with van der Waals surface area (Å²) in [4.78, 5) is 0. The molecule has 0 aliphatic heterocycles. The van der Waals surface area contributed by atoms with Crippen LogP contribution in [-0.4, -0.2) is 9.78 Å². The van der Waals surface area contributed by atoms with Crippen LogP contribution in [0.1, 0.15) is 38.4 Å². The largest absolute Gasteiger partial charge is 0.383 e. The molecule has 0 saturated heterocycles. The van der Waals surface area contributed by atoms with Gasteiger partial charge in [-0.3, -0.25) is 0 Å². The molecule has 3 nitrogen and oxygen atoms in total. The molecule has 1 heterocycles. The van der Waals surface area contributed by atoms with Crippen LogP contribution in [0.4, 0.5) is 5.82 Å². The van der Waals surface area contributed by atoms with Gasteiger partial charge in [0.15, 0.2) is 0 Å². The van der Waals surface area contributed by atoms with E-state index in [4.69, 9.17) is 5.73 Å². The van der Waals surface area contributed by atoms with E-state index in [9.17, 15) is 0 Å². The Hall–Kier alpha value is -0.510. The molecule has 0 unspecified atom stereocenters. The van der Waals surface area contributed by atoms with E-state index in [-0.39, 0.29) is 0 Å². The molecule has 1 aromatic heterocycles. The third kappa shape index (κ3) is 1.80. The van der Waals surface area contributed by atoms with Crippen molar-refractivity contribution >= 4 is 21.7 Å². The molecular weight excluding hydrogens is 254 g/mol. The molecule has 0 amide bonds. The number of anilines is 1. The molecule has 0 aromatic carbocycles. The second kappa shape index (κ2) is 3.81. The zero-order valence-electron chi connectivity index (χ0n) is 9.50. The molecule has 4 heteroatoms. The Bertz CT molecular complexity index is 364. The minimum atomic E-state index is 0.516. The van der Waals surface area contributed by atoms with Gasteiger partial charge in [-0.15, -0.1) is 0 Å². The molecule has 2 rings (SSSR count). The molecule has 0 spiro atoms. The molecule has 15 heavy (non-hydrogen) atoms.